The molecule has 1 fully saturated rings. The van der Waals surface area contributed by atoms with Gasteiger partial charge in [-0.3, -0.25) is 4.79 Å². The number of aromatic nitrogens is 1. The van der Waals surface area contributed by atoms with Gasteiger partial charge in [-0.2, -0.15) is 0 Å². The first kappa shape index (κ1) is 18.3. The zero-order valence-corrected chi connectivity index (χ0v) is 14.8. The van der Waals surface area contributed by atoms with Gasteiger partial charge < -0.3 is 14.4 Å². The summed E-state index contributed by atoms with van der Waals surface area (Å²) in [5, 5.41) is 0.0308. The first-order valence-electron chi connectivity index (χ1n) is 6.89. The predicted molar refractivity (Wildman–Crippen MR) is 86.1 cm³/mol. The summed E-state index contributed by atoms with van der Waals surface area (Å²) in [5.41, 5.74) is -0.183. The van der Waals surface area contributed by atoms with Crippen LogP contribution < -0.4 is 0 Å². The van der Waals surface area contributed by atoms with Gasteiger partial charge in [-0.15, -0.1) is 0 Å². The summed E-state index contributed by atoms with van der Waals surface area (Å²) >= 11 is 17.5. The lowest BCUT2D eigenvalue weighted by Crippen LogP contribution is -2.49. The molecule has 1 aromatic heterocycles. The predicted octanol–water partition coefficient (Wildman–Crippen LogP) is 2.83. The fourth-order valence-electron chi connectivity index (χ4n) is 2.25. The first-order valence-corrected chi connectivity index (χ1v) is 8.02. The molecule has 126 valence electrons. The fraction of sp³-hybridized carbons (Fsp3) is 0.500. The second-order valence-corrected chi connectivity index (χ2v) is 6.38. The summed E-state index contributed by atoms with van der Waals surface area (Å²) in [6.07, 6.45) is 1.06. The Morgan fingerprint density at radius 3 is 2.48 bits per heavy atom. The first-order chi connectivity index (χ1) is 10.8. The van der Waals surface area contributed by atoms with Crippen LogP contribution in [0.25, 0.3) is 0 Å². The summed E-state index contributed by atoms with van der Waals surface area (Å²) in [6.45, 7) is 4.25. The molecule has 1 saturated heterocycles. The molecule has 1 amide bonds. The minimum atomic E-state index is -0.837. The van der Waals surface area contributed by atoms with Gasteiger partial charge in [-0.05, 0) is 13.8 Å². The number of pyridine rings is 1. The lowest BCUT2D eigenvalue weighted by Gasteiger charge is -2.35. The van der Waals surface area contributed by atoms with Crippen molar-refractivity contribution in [3.63, 3.8) is 0 Å². The van der Waals surface area contributed by atoms with E-state index in [1.54, 1.807) is 4.90 Å². The molecule has 1 aromatic rings. The largest absolute Gasteiger partial charge is 0.451 e. The third-order valence-electron chi connectivity index (χ3n) is 3.21. The minimum Gasteiger partial charge on any atom is -0.451 e. The zero-order chi connectivity index (χ0) is 17.1. The van der Waals surface area contributed by atoms with E-state index in [2.05, 4.69) is 4.98 Å². The maximum absolute atomic E-state index is 12.1. The number of nitrogens with zero attached hydrogens (tertiary/aromatic N) is 2. The Labute approximate surface area is 148 Å². The molecule has 9 heteroatoms. The van der Waals surface area contributed by atoms with Crippen LogP contribution in [-0.4, -0.2) is 53.7 Å². The lowest BCUT2D eigenvalue weighted by atomic mass is 10.2. The average Bonchev–Trinajstić information content (AvgIpc) is 2.49. The zero-order valence-electron chi connectivity index (χ0n) is 12.5. The van der Waals surface area contributed by atoms with Crippen molar-refractivity contribution in [2.45, 2.75) is 26.1 Å². The van der Waals surface area contributed by atoms with Crippen molar-refractivity contribution in [2.75, 3.05) is 19.7 Å². The van der Waals surface area contributed by atoms with Gasteiger partial charge in [-0.1, -0.05) is 34.8 Å². The van der Waals surface area contributed by atoms with Crippen LogP contribution in [-0.2, 0) is 14.3 Å². The summed E-state index contributed by atoms with van der Waals surface area (Å²) in [4.78, 5) is 29.5. The number of carbonyl (C=O) groups is 2. The summed E-state index contributed by atoms with van der Waals surface area (Å²) < 4.78 is 10.5. The van der Waals surface area contributed by atoms with Gasteiger partial charge in [0.1, 0.15) is 0 Å². The van der Waals surface area contributed by atoms with E-state index < -0.39 is 12.6 Å². The number of carbonyl (C=O) groups excluding carboxylic acids is 2. The van der Waals surface area contributed by atoms with Gasteiger partial charge in [0, 0.05) is 19.3 Å². The van der Waals surface area contributed by atoms with Crippen LogP contribution in [0.3, 0.4) is 0 Å². The van der Waals surface area contributed by atoms with E-state index in [0.29, 0.717) is 13.1 Å². The van der Waals surface area contributed by atoms with Gasteiger partial charge in [0.15, 0.2) is 12.3 Å². The molecule has 2 atom stereocenters. The van der Waals surface area contributed by atoms with Crippen LogP contribution >= 0.6 is 34.8 Å². The second-order valence-electron chi connectivity index (χ2n) is 5.21. The Morgan fingerprint density at radius 2 is 1.87 bits per heavy atom. The molecular weight excluding hydrogens is 367 g/mol. The molecule has 0 aliphatic carbocycles. The summed E-state index contributed by atoms with van der Waals surface area (Å²) in [5.74, 6) is -1.15. The minimum absolute atomic E-state index is 0.0115. The molecule has 0 unspecified atom stereocenters. The molecule has 2 rings (SSSR count). The van der Waals surface area contributed by atoms with Crippen molar-refractivity contribution in [3.8, 4) is 0 Å². The highest BCUT2D eigenvalue weighted by molar-refractivity contribution is 6.48. The molecule has 0 spiro atoms. The number of amides is 1. The van der Waals surface area contributed by atoms with Crippen LogP contribution in [0.15, 0.2) is 6.20 Å². The highest BCUT2D eigenvalue weighted by Gasteiger charge is 2.27. The Morgan fingerprint density at radius 1 is 1.26 bits per heavy atom. The van der Waals surface area contributed by atoms with E-state index in [9.17, 15) is 9.59 Å². The standard InChI is InChI=1S/C14H15Cl3N2O4/c1-7-4-19(5-8(2)23-7)10(20)6-22-14(21)13-12(17)11(16)9(15)3-18-13/h3,7-8H,4-6H2,1-2H3/t7-,8+. The van der Waals surface area contributed by atoms with Gasteiger partial charge >= 0.3 is 5.97 Å². The Bertz CT molecular complexity index is 616. The highest BCUT2D eigenvalue weighted by Crippen LogP contribution is 2.31. The quantitative estimate of drug-likeness (QED) is 0.753. The number of halogens is 3. The van der Waals surface area contributed by atoms with Crippen molar-refractivity contribution in [2.24, 2.45) is 0 Å². The molecule has 0 N–H and O–H groups in total. The molecule has 1 aliphatic heterocycles. The van der Waals surface area contributed by atoms with E-state index in [4.69, 9.17) is 44.3 Å². The number of rotatable bonds is 3. The van der Waals surface area contributed by atoms with E-state index >= 15 is 0 Å². The fourth-order valence-corrected chi connectivity index (χ4v) is 2.81. The van der Waals surface area contributed by atoms with Crippen LogP contribution in [0.4, 0.5) is 0 Å². The normalized spacial score (nSPS) is 21.2. The molecule has 0 radical (unpaired) electrons. The van der Waals surface area contributed by atoms with Crippen LogP contribution in [0.2, 0.25) is 15.1 Å². The van der Waals surface area contributed by atoms with Crippen LogP contribution in [0, 0.1) is 0 Å². The summed E-state index contributed by atoms with van der Waals surface area (Å²) in [7, 11) is 0. The second kappa shape index (κ2) is 7.66. The van der Waals surface area contributed by atoms with E-state index in [1.807, 2.05) is 13.8 Å². The van der Waals surface area contributed by atoms with Crippen LogP contribution in [0.1, 0.15) is 24.3 Å². The Hall–Kier alpha value is -1.08. The van der Waals surface area contributed by atoms with Crippen molar-refractivity contribution in [1.29, 1.82) is 0 Å². The number of morpholine rings is 1. The molecular formula is C14H15Cl3N2O4. The van der Waals surface area contributed by atoms with Gasteiger partial charge in [0.2, 0.25) is 0 Å². The third kappa shape index (κ3) is 4.47. The van der Waals surface area contributed by atoms with E-state index in [-0.39, 0.29) is 38.9 Å². The molecule has 23 heavy (non-hydrogen) atoms. The topological polar surface area (TPSA) is 68.7 Å². The molecule has 0 aromatic carbocycles. The highest BCUT2D eigenvalue weighted by atomic mass is 35.5. The number of ether oxygens (including phenoxy) is 2. The Balaban J connectivity index is 1.96. The molecule has 2 heterocycles. The van der Waals surface area contributed by atoms with E-state index in [0.717, 1.165) is 0 Å². The van der Waals surface area contributed by atoms with Crippen molar-refractivity contribution in [1.82, 2.24) is 9.88 Å². The molecule has 1 aliphatic rings. The molecule has 6 nitrogen and oxygen atoms in total. The van der Waals surface area contributed by atoms with Gasteiger partial charge in [-0.25, -0.2) is 9.78 Å². The molecule has 0 saturated carbocycles. The monoisotopic (exact) mass is 380 g/mol. The maximum Gasteiger partial charge on any atom is 0.359 e. The van der Waals surface area contributed by atoms with Gasteiger partial charge in [0.05, 0.1) is 27.3 Å². The number of hydrogen-bond donors (Lipinski definition) is 0. The number of hydrogen-bond acceptors (Lipinski definition) is 5. The Kier molecular flexibility index (Phi) is 6.08. The van der Waals surface area contributed by atoms with Gasteiger partial charge in [0.25, 0.3) is 5.91 Å². The van der Waals surface area contributed by atoms with E-state index in [1.165, 1.54) is 6.20 Å². The average molecular weight is 382 g/mol. The van der Waals surface area contributed by atoms with Crippen LogP contribution in [0.5, 0.6) is 0 Å². The number of esters is 1. The SMILES string of the molecule is C[C@@H]1CN(C(=O)COC(=O)c2ncc(Cl)c(Cl)c2Cl)C[C@H](C)O1. The van der Waals surface area contributed by atoms with Crippen molar-refractivity contribution < 1.29 is 19.1 Å². The summed E-state index contributed by atoms with van der Waals surface area (Å²) in [6, 6.07) is 0. The lowest BCUT2D eigenvalue weighted by molar-refractivity contribution is -0.146. The maximum atomic E-state index is 12.1. The third-order valence-corrected chi connectivity index (χ3v) is 4.45. The smallest absolute Gasteiger partial charge is 0.359 e. The molecule has 0 bridgehead atoms. The van der Waals surface area contributed by atoms with Crippen molar-refractivity contribution in [3.05, 3.63) is 27.0 Å². The van der Waals surface area contributed by atoms with Crippen molar-refractivity contribution >= 4 is 46.7 Å².